The second kappa shape index (κ2) is 12.8. The van der Waals surface area contributed by atoms with Crippen LogP contribution in [0.5, 0.6) is 0 Å². The summed E-state index contributed by atoms with van der Waals surface area (Å²) < 4.78 is 7.31. The maximum absolute atomic E-state index is 2.64. The van der Waals surface area contributed by atoms with E-state index in [1.54, 1.807) is 0 Å². The van der Waals surface area contributed by atoms with E-state index in [-0.39, 0.29) is 0 Å². The molecule has 0 aliphatic carbocycles. The molecule has 0 aliphatic heterocycles. The van der Waals surface area contributed by atoms with Gasteiger partial charge < -0.3 is 13.7 Å². The first-order valence-electron chi connectivity index (χ1n) is 20.0. The van der Waals surface area contributed by atoms with Crippen molar-refractivity contribution in [3.8, 4) is 17.1 Å². The Hall–Kier alpha value is -7.40. The van der Waals surface area contributed by atoms with Gasteiger partial charge in [-0.1, -0.05) is 152 Å². The molecular weight excluding hydrogens is 719 g/mol. The summed E-state index contributed by atoms with van der Waals surface area (Å²) in [6, 6.07) is 83.0. The smallest absolute Gasteiger partial charge is 0.179 e. The monoisotopic (exact) mass is 755 g/mol. The molecule has 0 atom stereocenters. The number of aromatic nitrogens is 3. The predicted molar refractivity (Wildman–Crippen MR) is 247 cm³/mol. The van der Waals surface area contributed by atoms with Gasteiger partial charge in [-0.15, -0.1) is 0 Å². The van der Waals surface area contributed by atoms with Gasteiger partial charge in [0, 0.05) is 38.6 Å². The second-order valence-electron chi connectivity index (χ2n) is 15.3. The molecule has 0 fully saturated rings. The molecule has 0 spiro atoms. The maximum Gasteiger partial charge on any atom is 0.179 e. The summed E-state index contributed by atoms with van der Waals surface area (Å²) >= 11 is 0. The number of nitrogens with zero attached hydrogens (tertiary/aromatic N) is 3. The molecule has 0 unspecified atom stereocenters. The fourth-order valence-corrected chi connectivity index (χ4v) is 14.8. The summed E-state index contributed by atoms with van der Waals surface area (Å²) in [6.07, 6.45) is 0. The van der Waals surface area contributed by atoms with Crippen molar-refractivity contribution in [2.75, 3.05) is 0 Å². The Balaban J connectivity index is 1.04. The van der Waals surface area contributed by atoms with Gasteiger partial charge in [0.1, 0.15) is 0 Å². The van der Waals surface area contributed by atoms with E-state index in [1.165, 1.54) is 81.1 Å². The highest BCUT2D eigenvalue weighted by Gasteiger charge is 2.41. The quantitative estimate of drug-likeness (QED) is 0.114. The summed E-state index contributed by atoms with van der Waals surface area (Å²) in [5, 5.41) is 10.6. The lowest BCUT2D eigenvalue weighted by Crippen LogP contribution is -2.74. The van der Waals surface area contributed by atoms with Crippen LogP contribution in [0.3, 0.4) is 0 Å². The van der Waals surface area contributed by atoms with Gasteiger partial charge in [0.2, 0.25) is 0 Å². The molecule has 0 saturated carbocycles. The largest absolute Gasteiger partial charge is 0.309 e. The molecular formula is C54H37N3Si. The first kappa shape index (κ1) is 32.8. The van der Waals surface area contributed by atoms with Crippen molar-refractivity contribution in [1.29, 1.82) is 0 Å². The van der Waals surface area contributed by atoms with Crippen LogP contribution in [0.25, 0.3) is 71.7 Å². The standard InChI is InChI=1S/C54H37N3Si/c1-5-17-38(18-6-1)56-49-27-15-29-51-53(49)54-50(56)28-16-30-52(54)57(51)40-33-36-48-46(37-40)45-25-13-14-26-47(45)55(48)39-31-34-44(35-32-39)58(41-19-7-2-8-20-41,42-21-9-3-10-22-42)43-23-11-4-12-24-43/h1-37H. The zero-order valence-electron chi connectivity index (χ0n) is 31.7. The van der Waals surface area contributed by atoms with Crippen LogP contribution in [0, 0.1) is 0 Å². The minimum atomic E-state index is -2.64. The zero-order valence-corrected chi connectivity index (χ0v) is 32.7. The van der Waals surface area contributed by atoms with E-state index in [0.29, 0.717) is 0 Å². The SMILES string of the molecule is c1ccc(-n2c3cccc4c3c3c2cccc3n4-c2ccc3c(c2)c2ccccc2n3-c2ccc([Si](c3ccccc3)(c3ccccc3)c3ccccc3)cc2)cc1. The van der Waals surface area contributed by atoms with Crippen LogP contribution < -0.4 is 20.7 Å². The molecule has 3 heterocycles. The number of rotatable bonds is 7. The Morgan fingerprint density at radius 1 is 0.241 bits per heavy atom. The Labute approximate surface area is 337 Å². The zero-order chi connectivity index (χ0) is 38.2. The number of para-hydroxylation sites is 2. The molecule has 0 bridgehead atoms. The van der Waals surface area contributed by atoms with Crippen LogP contribution in [0.15, 0.2) is 224 Å². The Morgan fingerprint density at radius 3 is 1.14 bits per heavy atom. The van der Waals surface area contributed by atoms with Gasteiger partial charge in [0.15, 0.2) is 8.07 Å². The summed E-state index contributed by atoms with van der Waals surface area (Å²) in [7, 11) is -2.64. The van der Waals surface area contributed by atoms with Crippen LogP contribution in [0.4, 0.5) is 0 Å². The molecule has 9 aromatic carbocycles. The van der Waals surface area contributed by atoms with Crippen molar-refractivity contribution in [3.63, 3.8) is 0 Å². The molecule has 0 N–H and O–H groups in total. The van der Waals surface area contributed by atoms with Gasteiger partial charge in [-0.25, -0.2) is 0 Å². The van der Waals surface area contributed by atoms with Crippen molar-refractivity contribution < 1.29 is 0 Å². The van der Waals surface area contributed by atoms with E-state index < -0.39 is 8.07 Å². The third-order valence-electron chi connectivity index (χ3n) is 12.4. The summed E-state index contributed by atoms with van der Waals surface area (Å²) in [4.78, 5) is 0. The average Bonchev–Trinajstić information content (AvgIpc) is 3.95. The molecule has 58 heavy (non-hydrogen) atoms. The van der Waals surface area contributed by atoms with Crippen LogP contribution >= 0.6 is 0 Å². The topological polar surface area (TPSA) is 14.8 Å². The summed E-state index contributed by atoms with van der Waals surface area (Å²) in [5.41, 5.74) is 10.8. The third kappa shape index (κ3) is 4.61. The van der Waals surface area contributed by atoms with Crippen molar-refractivity contribution >= 4 is 83.5 Å². The normalized spacial score (nSPS) is 12.1. The fraction of sp³-hybridized carbons (Fsp3) is 0. The van der Waals surface area contributed by atoms with Gasteiger partial charge in [0.05, 0.1) is 33.1 Å². The molecule has 3 aromatic heterocycles. The molecule has 0 saturated heterocycles. The number of hydrogen-bond donors (Lipinski definition) is 0. The van der Waals surface area contributed by atoms with E-state index in [4.69, 9.17) is 0 Å². The van der Waals surface area contributed by atoms with Crippen LogP contribution in [0.1, 0.15) is 0 Å². The minimum Gasteiger partial charge on any atom is -0.309 e. The lowest BCUT2D eigenvalue weighted by atomic mass is 10.1. The van der Waals surface area contributed by atoms with Crippen LogP contribution in [0.2, 0.25) is 0 Å². The van der Waals surface area contributed by atoms with E-state index in [9.17, 15) is 0 Å². The predicted octanol–water partition coefficient (Wildman–Crippen LogP) is 10.6. The molecule has 12 aromatic rings. The molecule has 0 radical (unpaired) electrons. The second-order valence-corrected chi connectivity index (χ2v) is 19.1. The fourth-order valence-electron chi connectivity index (χ4n) is 10.0. The molecule has 0 amide bonds. The third-order valence-corrected chi connectivity index (χ3v) is 17.2. The highest BCUT2D eigenvalue weighted by molar-refractivity contribution is 7.19. The molecule has 0 aliphatic rings. The highest BCUT2D eigenvalue weighted by Crippen LogP contribution is 2.43. The average molecular weight is 756 g/mol. The van der Waals surface area contributed by atoms with Gasteiger partial charge in [-0.2, -0.15) is 0 Å². The lowest BCUT2D eigenvalue weighted by molar-refractivity contribution is 1.15. The van der Waals surface area contributed by atoms with Gasteiger partial charge in [-0.3, -0.25) is 0 Å². The van der Waals surface area contributed by atoms with Crippen molar-refractivity contribution in [2.45, 2.75) is 0 Å². The van der Waals surface area contributed by atoms with Crippen molar-refractivity contribution in [3.05, 3.63) is 224 Å². The Kier molecular flexibility index (Phi) is 7.25. The van der Waals surface area contributed by atoms with E-state index in [0.717, 1.165) is 11.4 Å². The van der Waals surface area contributed by atoms with Crippen molar-refractivity contribution in [2.24, 2.45) is 0 Å². The maximum atomic E-state index is 2.46. The lowest BCUT2D eigenvalue weighted by Gasteiger charge is -2.34. The summed E-state index contributed by atoms with van der Waals surface area (Å²) in [6.45, 7) is 0. The Bertz CT molecular complexity index is 3250. The van der Waals surface area contributed by atoms with E-state index in [2.05, 4.69) is 238 Å². The first-order valence-corrected chi connectivity index (χ1v) is 22.0. The number of hydrogen-bond acceptors (Lipinski definition) is 0. The van der Waals surface area contributed by atoms with Gasteiger partial charge in [0.25, 0.3) is 0 Å². The minimum absolute atomic E-state index is 1.15. The number of fused-ring (bicyclic) bond motifs is 3. The number of benzene rings is 9. The van der Waals surface area contributed by atoms with Crippen LogP contribution in [-0.4, -0.2) is 21.8 Å². The summed E-state index contributed by atoms with van der Waals surface area (Å²) in [5.74, 6) is 0. The Morgan fingerprint density at radius 2 is 0.603 bits per heavy atom. The molecule has 272 valence electrons. The molecule has 4 heteroatoms. The van der Waals surface area contributed by atoms with Crippen LogP contribution in [-0.2, 0) is 0 Å². The van der Waals surface area contributed by atoms with Gasteiger partial charge in [-0.05, 0) is 93.5 Å². The first-order chi connectivity index (χ1) is 28.8. The molecule has 3 nitrogen and oxygen atoms in total. The molecule has 12 rings (SSSR count). The van der Waals surface area contributed by atoms with Gasteiger partial charge >= 0.3 is 0 Å². The highest BCUT2D eigenvalue weighted by atomic mass is 28.3. The van der Waals surface area contributed by atoms with E-state index >= 15 is 0 Å². The van der Waals surface area contributed by atoms with Crippen molar-refractivity contribution in [1.82, 2.24) is 13.7 Å². The van der Waals surface area contributed by atoms with E-state index in [1.807, 2.05) is 0 Å².